The van der Waals surface area contributed by atoms with E-state index in [-0.39, 0.29) is 0 Å². The SMILES string of the molecule is CC(OC(=O)c1ccc(NCCCCCCCCC2CCCCC2)cc1)C(=O)O. The van der Waals surface area contributed by atoms with Crippen LogP contribution in [-0.2, 0) is 9.53 Å². The predicted molar refractivity (Wildman–Crippen MR) is 116 cm³/mol. The average Bonchev–Trinajstić information content (AvgIpc) is 2.73. The molecule has 1 aliphatic rings. The second kappa shape index (κ2) is 13.2. The second-order valence-corrected chi connectivity index (χ2v) is 8.30. The van der Waals surface area contributed by atoms with Crippen molar-refractivity contribution in [2.75, 3.05) is 11.9 Å². The third-order valence-corrected chi connectivity index (χ3v) is 5.85. The van der Waals surface area contributed by atoms with Gasteiger partial charge in [0.2, 0.25) is 0 Å². The highest BCUT2D eigenvalue weighted by atomic mass is 16.6. The molecule has 1 fully saturated rings. The summed E-state index contributed by atoms with van der Waals surface area (Å²) in [4.78, 5) is 22.6. The fourth-order valence-corrected chi connectivity index (χ4v) is 3.98. The Bertz CT molecular complexity index is 608. The van der Waals surface area contributed by atoms with E-state index in [2.05, 4.69) is 5.32 Å². The van der Waals surface area contributed by atoms with Crippen LogP contribution >= 0.6 is 0 Å². The summed E-state index contributed by atoms with van der Waals surface area (Å²) in [6.07, 6.45) is 15.4. The minimum Gasteiger partial charge on any atom is -0.479 e. The molecule has 1 saturated carbocycles. The minimum atomic E-state index is -1.15. The van der Waals surface area contributed by atoms with E-state index in [1.807, 2.05) is 12.1 Å². The van der Waals surface area contributed by atoms with Gasteiger partial charge in [0.05, 0.1) is 5.56 Å². The van der Waals surface area contributed by atoms with Crippen LogP contribution in [0.5, 0.6) is 0 Å². The summed E-state index contributed by atoms with van der Waals surface area (Å²) in [6, 6.07) is 6.97. The zero-order valence-electron chi connectivity index (χ0n) is 17.8. The van der Waals surface area contributed by atoms with Crippen LogP contribution < -0.4 is 5.32 Å². The van der Waals surface area contributed by atoms with Gasteiger partial charge in [-0.05, 0) is 43.5 Å². The van der Waals surface area contributed by atoms with Gasteiger partial charge in [0, 0.05) is 12.2 Å². The van der Waals surface area contributed by atoms with Crippen molar-refractivity contribution in [1.82, 2.24) is 0 Å². The molecule has 1 aromatic carbocycles. The largest absolute Gasteiger partial charge is 0.479 e. The van der Waals surface area contributed by atoms with Gasteiger partial charge in [-0.1, -0.05) is 70.6 Å². The van der Waals surface area contributed by atoms with Gasteiger partial charge in [0.1, 0.15) is 0 Å². The van der Waals surface area contributed by atoms with E-state index in [0.717, 1.165) is 24.6 Å². The molecule has 0 bridgehead atoms. The maximum absolute atomic E-state index is 11.9. The number of hydrogen-bond donors (Lipinski definition) is 2. The predicted octanol–water partition coefficient (Wildman–Crippen LogP) is 6.04. The molecule has 0 saturated heterocycles. The first-order valence-electron chi connectivity index (χ1n) is 11.3. The highest BCUT2D eigenvalue weighted by Crippen LogP contribution is 2.28. The standard InChI is InChI=1S/C24H37NO4/c1-19(23(26)27)29-24(28)21-14-16-22(17-15-21)25-18-10-5-3-2-4-7-11-20-12-8-6-9-13-20/h14-17,19-20,25H,2-13,18H2,1H3,(H,26,27). The Kier molecular flexibility index (Phi) is 10.6. The van der Waals surface area contributed by atoms with Crippen LogP contribution in [0.25, 0.3) is 0 Å². The molecule has 1 unspecified atom stereocenters. The van der Waals surface area contributed by atoms with Crippen molar-refractivity contribution in [3.8, 4) is 0 Å². The highest BCUT2D eigenvalue weighted by molar-refractivity contribution is 5.91. The summed E-state index contributed by atoms with van der Waals surface area (Å²) >= 11 is 0. The summed E-state index contributed by atoms with van der Waals surface area (Å²) in [5.41, 5.74) is 1.32. The van der Waals surface area contributed by atoms with Crippen molar-refractivity contribution >= 4 is 17.6 Å². The summed E-state index contributed by atoms with van der Waals surface area (Å²) in [6.45, 7) is 2.26. The van der Waals surface area contributed by atoms with Gasteiger partial charge < -0.3 is 15.2 Å². The number of unbranched alkanes of at least 4 members (excludes halogenated alkanes) is 5. The fraction of sp³-hybridized carbons (Fsp3) is 0.667. The normalized spacial score (nSPS) is 15.6. The molecule has 29 heavy (non-hydrogen) atoms. The Morgan fingerprint density at radius 3 is 2.28 bits per heavy atom. The maximum atomic E-state index is 11.9. The molecule has 0 radical (unpaired) electrons. The lowest BCUT2D eigenvalue weighted by Crippen LogP contribution is -2.23. The van der Waals surface area contributed by atoms with Gasteiger partial charge >= 0.3 is 11.9 Å². The average molecular weight is 404 g/mol. The number of rotatable bonds is 13. The van der Waals surface area contributed by atoms with Crippen LogP contribution in [0.1, 0.15) is 94.3 Å². The van der Waals surface area contributed by atoms with Crippen LogP contribution in [0.4, 0.5) is 5.69 Å². The van der Waals surface area contributed by atoms with Crippen LogP contribution in [0, 0.1) is 5.92 Å². The summed E-state index contributed by atoms with van der Waals surface area (Å²) < 4.78 is 4.87. The molecule has 162 valence electrons. The molecule has 0 spiro atoms. The van der Waals surface area contributed by atoms with E-state index in [1.54, 1.807) is 12.1 Å². The molecule has 5 nitrogen and oxygen atoms in total. The molecule has 0 heterocycles. The van der Waals surface area contributed by atoms with Gasteiger partial charge in [-0.25, -0.2) is 9.59 Å². The molecule has 0 aliphatic heterocycles. The molecular formula is C24H37NO4. The number of hydrogen-bond acceptors (Lipinski definition) is 4. The number of aliphatic carboxylic acids is 1. The van der Waals surface area contributed by atoms with Crippen molar-refractivity contribution in [2.45, 2.75) is 90.1 Å². The molecule has 5 heteroatoms. The van der Waals surface area contributed by atoms with Gasteiger partial charge in [0.25, 0.3) is 0 Å². The van der Waals surface area contributed by atoms with Crippen LogP contribution in [0.2, 0.25) is 0 Å². The summed E-state index contributed by atoms with van der Waals surface area (Å²) in [7, 11) is 0. The lowest BCUT2D eigenvalue weighted by molar-refractivity contribution is -0.146. The number of esters is 1. The Labute approximate surface area is 175 Å². The topological polar surface area (TPSA) is 75.6 Å². The number of ether oxygens (including phenoxy) is 1. The summed E-state index contributed by atoms with van der Waals surface area (Å²) in [5, 5.41) is 12.2. The monoisotopic (exact) mass is 403 g/mol. The Morgan fingerprint density at radius 2 is 1.62 bits per heavy atom. The lowest BCUT2D eigenvalue weighted by Gasteiger charge is -2.21. The van der Waals surface area contributed by atoms with E-state index >= 15 is 0 Å². The molecule has 2 rings (SSSR count). The van der Waals surface area contributed by atoms with Crippen molar-refractivity contribution in [3.05, 3.63) is 29.8 Å². The number of benzene rings is 1. The van der Waals surface area contributed by atoms with Crippen molar-refractivity contribution in [3.63, 3.8) is 0 Å². The number of carbonyl (C=O) groups excluding carboxylic acids is 1. The number of carboxylic acid groups (broad SMARTS) is 1. The third kappa shape index (κ3) is 9.33. The van der Waals surface area contributed by atoms with Gasteiger partial charge in [-0.2, -0.15) is 0 Å². The lowest BCUT2D eigenvalue weighted by atomic mass is 9.85. The van der Waals surface area contributed by atoms with Crippen molar-refractivity contribution in [1.29, 1.82) is 0 Å². The zero-order valence-corrected chi connectivity index (χ0v) is 17.8. The molecular weight excluding hydrogens is 366 g/mol. The van der Waals surface area contributed by atoms with E-state index < -0.39 is 18.0 Å². The second-order valence-electron chi connectivity index (χ2n) is 8.30. The summed E-state index contributed by atoms with van der Waals surface area (Å²) in [5.74, 6) is -0.752. The maximum Gasteiger partial charge on any atom is 0.344 e. The van der Waals surface area contributed by atoms with Crippen LogP contribution in [0.3, 0.4) is 0 Å². The first-order chi connectivity index (χ1) is 14.1. The Balaban J connectivity index is 1.49. The van der Waals surface area contributed by atoms with Gasteiger partial charge in [0.15, 0.2) is 6.10 Å². The highest BCUT2D eigenvalue weighted by Gasteiger charge is 2.17. The third-order valence-electron chi connectivity index (χ3n) is 5.85. The van der Waals surface area contributed by atoms with Gasteiger partial charge in [-0.3, -0.25) is 0 Å². The molecule has 2 N–H and O–H groups in total. The number of anilines is 1. The molecule has 1 atom stereocenters. The smallest absolute Gasteiger partial charge is 0.344 e. The first-order valence-corrected chi connectivity index (χ1v) is 11.3. The van der Waals surface area contributed by atoms with E-state index in [1.165, 1.54) is 77.6 Å². The number of nitrogens with one attached hydrogen (secondary N) is 1. The van der Waals surface area contributed by atoms with Crippen molar-refractivity contribution in [2.24, 2.45) is 5.92 Å². The van der Waals surface area contributed by atoms with E-state index in [9.17, 15) is 9.59 Å². The minimum absolute atomic E-state index is 0.358. The fourth-order valence-electron chi connectivity index (χ4n) is 3.98. The van der Waals surface area contributed by atoms with E-state index in [0.29, 0.717) is 5.56 Å². The van der Waals surface area contributed by atoms with Crippen LogP contribution in [-0.4, -0.2) is 29.7 Å². The van der Waals surface area contributed by atoms with Crippen molar-refractivity contribution < 1.29 is 19.4 Å². The first kappa shape index (κ1) is 23.2. The van der Waals surface area contributed by atoms with E-state index in [4.69, 9.17) is 9.84 Å². The molecule has 0 aromatic heterocycles. The quantitative estimate of drug-likeness (QED) is 0.310. The zero-order chi connectivity index (χ0) is 20.9. The number of carboxylic acids is 1. The molecule has 1 aliphatic carbocycles. The Hall–Kier alpha value is -2.04. The number of carbonyl (C=O) groups is 2. The molecule has 1 aromatic rings. The van der Waals surface area contributed by atoms with Crippen LogP contribution in [0.15, 0.2) is 24.3 Å². The van der Waals surface area contributed by atoms with Gasteiger partial charge in [-0.15, -0.1) is 0 Å². The Morgan fingerprint density at radius 1 is 1.00 bits per heavy atom. The molecule has 0 amide bonds.